The van der Waals surface area contributed by atoms with Crippen molar-refractivity contribution in [1.82, 2.24) is 9.21 Å². The van der Waals surface area contributed by atoms with E-state index >= 15 is 0 Å². The Balaban J connectivity index is 1.62. The molecule has 1 heterocycles. The van der Waals surface area contributed by atoms with E-state index in [0.717, 1.165) is 29.7 Å². The zero-order chi connectivity index (χ0) is 26.0. The minimum absolute atomic E-state index is 0.0915. The van der Waals surface area contributed by atoms with Crippen molar-refractivity contribution in [3.05, 3.63) is 64.7 Å². The fourth-order valence-corrected chi connectivity index (χ4v) is 6.58. The number of halogens is 3. The fourth-order valence-electron chi connectivity index (χ4n) is 4.72. The van der Waals surface area contributed by atoms with Crippen molar-refractivity contribution in [2.45, 2.75) is 63.2 Å². The van der Waals surface area contributed by atoms with Gasteiger partial charge in [0.05, 0.1) is 16.9 Å². The molecular formula is C25H31F3N2O4S. The van der Waals surface area contributed by atoms with E-state index in [1.54, 1.807) is 13.0 Å². The number of carbonyl (C=O) groups is 1. The number of alkyl halides is 3. The number of aliphatic carboxylic acids is 1. The van der Waals surface area contributed by atoms with E-state index in [1.807, 2.05) is 13.8 Å². The average molecular weight is 513 g/mol. The van der Waals surface area contributed by atoms with Crippen molar-refractivity contribution in [3.63, 3.8) is 0 Å². The third-order valence-electron chi connectivity index (χ3n) is 6.37. The first-order valence-corrected chi connectivity index (χ1v) is 13.0. The number of carboxylic acid groups (broad SMARTS) is 1. The van der Waals surface area contributed by atoms with Crippen molar-refractivity contribution in [2.24, 2.45) is 0 Å². The van der Waals surface area contributed by atoms with Gasteiger partial charge in [-0.25, -0.2) is 8.42 Å². The zero-order valence-electron chi connectivity index (χ0n) is 20.0. The second kappa shape index (κ2) is 10.7. The molecule has 35 heavy (non-hydrogen) atoms. The highest BCUT2D eigenvalue weighted by Crippen LogP contribution is 2.30. The van der Waals surface area contributed by atoms with Gasteiger partial charge in [-0.15, -0.1) is 0 Å². The number of nitrogens with zero attached hydrogens (tertiary/aromatic N) is 2. The summed E-state index contributed by atoms with van der Waals surface area (Å²) < 4.78 is 66.5. The molecule has 0 radical (unpaired) electrons. The molecule has 0 spiro atoms. The van der Waals surface area contributed by atoms with E-state index in [4.69, 9.17) is 5.11 Å². The Hall–Kier alpha value is -2.43. The molecule has 1 fully saturated rings. The van der Waals surface area contributed by atoms with Gasteiger partial charge in [0.2, 0.25) is 10.0 Å². The quantitative estimate of drug-likeness (QED) is 0.569. The summed E-state index contributed by atoms with van der Waals surface area (Å²) in [5.74, 6) is -1.02. The van der Waals surface area contributed by atoms with E-state index in [9.17, 15) is 26.4 Å². The molecule has 1 aliphatic heterocycles. The largest absolute Gasteiger partial charge is 0.481 e. The lowest BCUT2D eigenvalue weighted by Gasteiger charge is -2.43. The van der Waals surface area contributed by atoms with Gasteiger partial charge in [0.15, 0.2) is 0 Å². The minimum atomic E-state index is -4.35. The Kier molecular flexibility index (Phi) is 8.28. The molecule has 1 aliphatic rings. The summed E-state index contributed by atoms with van der Waals surface area (Å²) in [6, 6.07) is 9.21. The molecule has 6 nitrogen and oxygen atoms in total. The van der Waals surface area contributed by atoms with E-state index in [-0.39, 0.29) is 23.4 Å². The molecule has 0 amide bonds. The minimum Gasteiger partial charge on any atom is -0.481 e. The zero-order valence-corrected chi connectivity index (χ0v) is 20.9. The van der Waals surface area contributed by atoms with E-state index in [0.29, 0.717) is 31.6 Å². The van der Waals surface area contributed by atoms with Crippen LogP contribution < -0.4 is 0 Å². The van der Waals surface area contributed by atoms with E-state index in [1.165, 1.54) is 28.6 Å². The van der Waals surface area contributed by atoms with Crippen LogP contribution in [0.2, 0.25) is 0 Å². The Morgan fingerprint density at radius 3 is 2.20 bits per heavy atom. The Morgan fingerprint density at radius 2 is 1.66 bits per heavy atom. The predicted molar refractivity (Wildman–Crippen MR) is 127 cm³/mol. The van der Waals surface area contributed by atoms with Crippen LogP contribution in [0.4, 0.5) is 13.2 Å². The summed E-state index contributed by atoms with van der Waals surface area (Å²) in [4.78, 5) is 13.4. The number of carboxylic acids is 1. The Bertz CT molecular complexity index is 1140. The second-order valence-corrected chi connectivity index (χ2v) is 11.1. The highest BCUT2D eigenvalue weighted by atomic mass is 32.2. The van der Waals surface area contributed by atoms with Gasteiger partial charge >= 0.3 is 12.1 Å². The van der Waals surface area contributed by atoms with Crippen LogP contribution in [0.25, 0.3) is 0 Å². The molecule has 1 N–H and O–H groups in total. The lowest BCUT2D eigenvalue weighted by molar-refractivity contribution is -0.138. The van der Waals surface area contributed by atoms with Crippen LogP contribution in [-0.4, -0.2) is 60.4 Å². The second-order valence-electron chi connectivity index (χ2n) is 9.25. The van der Waals surface area contributed by atoms with Gasteiger partial charge in [-0.3, -0.25) is 4.79 Å². The van der Waals surface area contributed by atoms with Crippen molar-refractivity contribution < 1.29 is 31.5 Å². The van der Waals surface area contributed by atoms with Crippen LogP contribution in [0.5, 0.6) is 0 Å². The summed E-state index contributed by atoms with van der Waals surface area (Å²) in [5, 5.41) is 9.12. The number of rotatable bonds is 8. The maximum absolute atomic E-state index is 13.4. The van der Waals surface area contributed by atoms with Gasteiger partial charge in [-0.05, 0) is 81.1 Å². The number of piperazine rings is 1. The molecule has 0 saturated carbocycles. The van der Waals surface area contributed by atoms with Crippen LogP contribution >= 0.6 is 0 Å². The third kappa shape index (κ3) is 6.62. The van der Waals surface area contributed by atoms with Crippen LogP contribution in [-0.2, 0) is 33.8 Å². The molecule has 1 saturated heterocycles. The normalized spacial score (nSPS) is 20.2. The van der Waals surface area contributed by atoms with Gasteiger partial charge in [0, 0.05) is 25.2 Å². The first-order valence-electron chi connectivity index (χ1n) is 11.5. The van der Waals surface area contributed by atoms with Gasteiger partial charge in [0.1, 0.15) is 0 Å². The molecule has 0 bridgehead atoms. The summed E-state index contributed by atoms with van der Waals surface area (Å²) in [5.41, 5.74) is 1.37. The molecule has 3 rings (SSSR count). The van der Waals surface area contributed by atoms with Gasteiger partial charge in [0.25, 0.3) is 0 Å². The maximum atomic E-state index is 13.4. The smallest absolute Gasteiger partial charge is 0.416 e. The summed E-state index contributed by atoms with van der Waals surface area (Å²) in [7, 11) is -3.82. The number of hydrogen-bond acceptors (Lipinski definition) is 4. The summed E-state index contributed by atoms with van der Waals surface area (Å²) >= 11 is 0. The summed E-state index contributed by atoms with van der Waals surface area (Å²) in [6.07, 6.45) is -3.21. The van der Waals surface area contributed by atoms with Gasteiger partial charge in [-0.2, -0.15) is 17.5 Å². The molecular weight excluding hydrogens is 481 g/mol. The topological polar surface area (TPSA) is 77.9 Å². The van der Waals surface area contributed by atoms with Gasteiger partial charge in [-0.1, -0.05) is 18.2 Å². The molecule has 10 heteroatoms. The van der Waals surface area contributed by atoms with Crippen LogP contribution in [0, 0.1) is 6.92 Å². The third-order valence-corrected chi connectivity index (χ3v) is 8.50. The molecule has 0 aromatic heterocycles. The SMILES string of the molecule is Cc1ccc(S(=O)(=O)N2C(C)CN(CCCc3ccc(C(F)(F)F)cc3)C[C@@H]2C)cc1CC(=O)O. The number of benzene rings is 2. The highest BCUT2D eigenvalue weighted by Gasteiger charge is 2.38. The molecule has 2 aromatic rings. The van der Waals surface area contributed by atoms with Crippen LogP contribution in [0.15, 0.2) is 47.4 Å². The number of hydrogen-bond donors (Lipinski definition) is 1. The monoisotopic (exact) mass is 512 g/mol. The van der Waals surface area contributed by atoms with Crippen molar-refractivity contribution in [3.8, 4) is 0 Å². The standard InChI is InChI=1S/C25H31F3N2O4S/c1-17-6-11-23(13-21(17)14-24(31)32)35(33,34)30-18(2)15-29(16-19(30)3)12-4-5-20-7-9-22(10-8-20)25(26,27)28/h6-11,13,18-19H,4-5,12,14-16H2,1-3H3,(H,31,32)/t18-,19?/m0/s1. The average Bonchev–Trinajstić information content (AvgIpc) is 2.74. The highest BCUT2D eigenvalue weighted by molar-refractivity contribution is 7.89. The van der Waals surface area contributed by atoms with Crippen LogP contribution in [0.3, 0.4) is 0 Å². The first kappa shape index (κ1) is 27.2. The maximum Gasteiger partial charge on any atom is 0.416 e. The number of aryl methyl sites for hydroxylation is 2. The van der Waals surface area contributed by atoms with Crippen molar-refractivity contribution in [1.29, 1.82) is 0 Å². The molecule has 192 valence electrons. The first-order chi connectivity index (χ1) is 16.3. The Morgan fingerprint density at radius 1 is 1.06 bits per heavy atom. The molecule has 2 atom stereocenters. The Labute approximate surface area is 204 Å². The van der Waals surface area contributed by atoms with E-state index < -0.39 is 27.7 Å². The molecule has 2 aromatic carbocycles. The summed E-state index contributed by atoms with van der Waals surface area (Å²) in [6.45, 7) is 7.22. The lowest BCUT2D eigenvalue weighted by Crippen LogP contribution is -2.58. The lowest BCUT2D eigenvalue weighted by atomic mass is 10.1. The number of sulfonamides is 1. The van der Waals surface area contributed by atoms with E-state index in [2.05, 4.69) is 4.90 Å². The molecule has 0 aliphatic carbocycles. The van der Waals surface area contributed by atoms with Crippen molar-refractivity contribution in [2.75, 3.05) is 19.6 Å². The molecule has 1 unspecified atom stereocenters. The van der Waals surface area contributed by atoms with Crippen LogP contribution in [0.1, 0.15) is 42.5 Å². The van der Waals surface area contributed by atoms with Gasteiger partial charge < -0.3 is 10.0 Å². The predicted octanol–water partition coefficient (Wildman–Crippen LogP) is 4.36. The van der Waals surface area contributed by atoms with Crippen molar-refractivity contribution >= 4 is 16.0 Å². The fraction of sp³-hybridized carbons (Fsp3) is 0.480.